The van der Waals surface area contributed by atoms with E-state index in [2.05, 4.69) is 5.32 Å². The lowest BCUT2D eigenvalue weighted by molar-refractivity contribution is 0.0473. The molecule has 3 rings (SSSR count). The monoisotopic (exact) mass is 395 g/mol. The van der Waals surface area contributed by atoms with E-state index in [0.29, 0.717) is 11.5 Å². The first kappa shape index (κ1) is 20.0. The second-order valence-corrected chi connectivity index (χ2v) is 6.25. The van der Waals surface area contributed by atoms with Crippen molar-refractivity contribution in [3.63, 3.8) is 0 Å². The van der Waals surface area contributed by atoms with E-state index in [-0.39, 0.29) is 23.6 Å². The van der Waals surface area contributed by atoms with Crippen molar-refractivity contribution in [3.8, 4) is 11.5 Å². The Morgan fingerprint density at radius 2 is 1.69 bits per heavy atom. The summed E-state index contributed by atoms with van der Waals surface area (Å²) in [7, 11) is 2.92. The molecular weight excluding hydrogens is 374 g/mol. The molecule has 7 nitrogen and oxygen atoms in total. The summed E-state index contributed by atoms with van der Waals surface area (Å²) in [6.45, 7) is 2.08. The quantitative estimate of drug-likeness (QED) is 0.603. The highest BCUT2D eigenvalue weighted by Gasteiger charge is 2.21. The Morgan fingerprint density at radius 1 is 1.00 bits per heavy atom. The SMILES string of the molecule is COc1cc(NC(=O)c2ccco2)c(C(=O)OCc2ccc(C)cc2)cc1OC. The van der Waals surface area contributed by atoms with Crippen molar-refractivity contribution in [3.05, 3.63) is 77.2 Å². The molecule has 3 aromatic rings. The molecule has 1 N–H and O–H groups in total. The average Bonchev–Trinajstić information content (AvgIpc) is 3.28. The number of esters is 1. The molecule has 0 atom stereocenters. The summed E-state index contributed by atoms with van der Waals surface area (Å²) in [5.41, 5.74) is 2.32. The van der Waals surface area contributed by atoms with Gasteiger partial charge in [0.1, 0.15) is 6.61 Å². The third-order valence-corrected chi connectivity index (χ3v) is 4.23. The Labute approximate surface area is 168 Å². The lowest BCUT2D eigenvalue weighted by atomic mass is 10.1. The van der Waals surface area contributed by atoms with Crippen molar-refractivity contribution >= 4 is 17.6 Å². The number of nitrogens with one attached hydrogen (secondary N) is 1. The number of furan rings is 1. The van der Waals surface area contributed by atoms with Gasteiger partial charge in [0.15, 0.2) is 17.3 Å². The largest absolute Gasteiger partial charge is 0.493 e. The summed E-state index contributed by atoms with van der Waals surface area (Å²) in [5.74, 6) is -0.307. The summed E-state index contributed by atoms with van der Waals surface area (Å²) in [5, 5.41) is 2.66. The minimum atomic E-state index is -0.610. The Hall–Kier alpha value is -3.74. The van der Waals surface area contributed by atoms with E-state index in [9.17, 15) is 9.59 Å². The summed E-state index contributed by atoms with van der Waals surface area (Å²) in [4.78, 5) is 25.1. The predicted octanol–water partition coefficient (Wildman–Crippen LogP) is 4.21. The zero-order valence-corrected chi connectivity index (χ0v) is 16.4. The summed E-state index contributed by atoms with van der Waals surface area (Å²) < 4.78 is 21.1. The van der Waals surface area contributed by atoms with Gasteiger partial charge in [-0.05, 0) is 24.6 Å². The molecule has 0 unspecified atom stereocenters. The number of rotatable bonds is 7. The fourth-order valence-corrected chi connectivity index (χ4v) is 2.65. The topological polar surface area (TPSA) is 87.0 Å². The second kappa shape index (κ2) is 8.97. The maximum atomic E-state index is 12.7. The Balaban J connectivity index is 1.86. The standard InChI is InChI=1S/C22H21NO6/c1-14-6-8-15(9-7-14)13-29-22(25)16-11-19(26-2)20(27-3)12-17(16)23-21(24)18-5-4-10-28-18/h4-12H,13H2,1-3H3,(H,23,24). The van der Waals surface area contributed by atoms with Crippen LogP contribution in [0.2, 0.25) is 0 Å². The number of anilines is 1. The molecule has 150 valence electrons. The first-order valence-corrected chi connectivity index (χ1v) is 8.85. The van der Waals surface area contributed by atoms with Crippen LogP contribution in [0.1, 0.15) is 32.0 Å². The van der Waals surface area contributed by atoms with Crippen LogP contribution >= 0.6 is 0 Å². The molecule has 0 aliphatic heterocycles. The number of methoxy groups -OCH3 is 2. The van der Waals surface area contributed by atoms with E-state index in [1.807, 2.05) is 31.2 Å². The molecule has 29 heavy (non-hydrogen) atoms. The summed E-state index contributed by atoms with van der Waals surface area (Å²) in [6, 6.07) is 13.7. The Kier molecular flexibility index (Phi) is 6.19. The van der Waals surface area contributed by atoms with E-state index in [0.717, 1.165) is 11.1 Å². The molecule has 1 heterocycles. The molecule has 0 spiro atoms. The van der Waals surface area contributed by atoms with E-state index >= 15 is 0 Å². The number of carbonyl (C=O) groups excluding carboxylic acids is 2. The highest BCUT2D eigenvalue weighted by atomic mass is 16.5. The van der Waals surface area contributed by atoms with Crippen LogP contribution in [0.25, 0.3) is 0 Å². The maximum absolute atomic E-state index is 12.7. The van der Waals surface area contributed by atoms with E-state index in [4.69, 9.17) is 18.6 Å². The fraction of sp³-hybridized carbons (Fsp3) is 0.182. The van der Waals surface area contributed by atoms with Crippen molar-refractivity contribution in [1.82, 2.24) is 0 Å². The minimum absolute atomic E-state index is 0.0963. The van der Waals surface area contributed by atoms with Gasteiger partial charge < -0.3 is 23.9 Å². The molecule has 0 saturated carbocycles. The van der Waals surface area contributed by atoms with Crippen molar-refractivity contribution in [1.29, 1.82) is 0 Å². The zero-order valence-electron chi connectivity index (χ0n) is 16.4. The van der Waals surface area contributed by atoms with Gasteiger partial charge in [-0.25, -0.2) is 4.79 Å². The second-order valence-electron chi connectivity index (χ2n) is 6.25. The highest BCUT2D eigenvalue weighted by molar-refractivity contribution is 6.07. The van der Waals surface area contributed by atoms with Crippen LogP contribution in [0.4, 0.5) is 5.69 Å². The molecule has 0 bridgehead atoms. The lowest BCUT2D eigenvalue weighted by Crippen LogP contribution is -2.16. The Morgan fingerprint density at radius 3 is 2.31 bits per heavy atom. The van der Waals surface area contributed by atoms with Crippen LogP contribution in [0.3, 0.4) is 0 Å². The van der Waals surface area contributed by atoms with Crippen molar-refractivity contribution < 1.29 is 28.2 Å². The smallest absolute Gasteiger partial charge is 0.340 e. The van der Waals surface area contributed by atoms with Crippen molar-refractivity contribution in [2.24, 2.45) is 0 Å². The first-order chi connectivity index (χ1) is 14.0. The van der Waals surface area contributed by atoms with Crippen LogP contribution in [-0.4, -0.2) is 26.1 Å². The van der Waals surface area contributed by atoms with Crippen LogP contribution in [0.5, 0.6) is 11.5 Å². The van der Waals surface area contributed by atoms with Crippen molar-refractivity contribution in [2.75, 3.05) is 19.5 Å². The van der Waals surface area contributed by atoms with Crippen LogP contribution in [0, 0.1) is 6.92 Å². The van der Waals surface area contributed by atoms with Gasteiger partial charge in [-0.3, -0.25) is 4.79 Å². The van der Waals surface area contributed by atoms with Crippen molar-refractivity contribution in [2.45, 2.75) is 13.5 Å². The molecule has 1 amide bonds. The number of benzene rings is 2. The number of carbonyl (C=O) groups is 2. The molecular formula is C22H21NO6. The fourth-order valence-electron chi connectivity index (χ4n) is 2.65. The zero-order chi connectivity index (χ0) is 20.8. The summed E-state index contributed by atoms with van der Waals surface area (Å²) in [6.07, 6.45) is 1.39. The number of ether oxygens (including phenoxy) is 3. The van der Waals surface area contributed by atoms with Gasteiger partial charge in [0, 0.05) is 12.1 Å². The summed E-state index contributed by atoms with van der Waals surface area (Å²) >= 11 is 0. The molecule has 0 fully saturated rings. The molecule has 1 aromatic heterocycles. The van der Waals surface area contributed by atoms with E-state index in [1.165, 1.54) is 38.7 Å². The number of aryl methyl sites for hydroxylation is 1. The van der Waals surface area contributed by atoms with E-state index < -0.39 is 11.9 Å². The molecule has 2 aromatic carbocycles. The van der Waals surface area contributed by atoms with Gasteiger partial charge in [-0.15, -0.1) is 0 Å². The molecule has 0 aliphatic carbocycles. The lowest BCUT2D eigenvalue weighted by Gasteiger charge is -2.15. The number of amides is 1. The van der Waals surface area contributed by atoms with E-state index in [1.54, 1.807) is 6.07 Å². The van der Waals surface area contributed by atoms with Gasteiger partial charge in [-0.1, -0.05) is 29.8 Å². The minimum Gasteiger partial charge on any atom is -0.493 e. The third-order valence-electron chi connectivity index (χ3n) is 4.23. The third kappa shape index (κ3) is 4.76. The molecule has 0 radical (unpaired) electrons. The van der Waals surface area contributed by atoms with Gasteiger partial charge in [-0.2, -0.15) is 0 Å². The molecule has 0 saturated heterocycles. The average molecular weight is 395 g/mol. The van der Waals surface area contributed by atoms with Gasteiger partial charge in [0.25, 0.3) is 5.91 Å². The van der Waals surface area contributed by atoms with Gasteiger partial charge in [0.05, 0.1) is 31.7 Å². The van der Waals surface area contributed by atoms with Crippen LogP contribution in [-0.2, 0) is 11.3 Å². The first-order valence-electron chi connectivity index (χ1n) is 8.85. The van der Waals surface area contributed by atoms with Gasteiger partial charge in [0.2, 0.25) is 0 Å². The highest BCUT2D eigenvalue weighted by Crippen LogP contribution is 2.34. The van der Waals surface area contributed by atoms with Gasteiger partial charge >= 0.3 is 5.97 Å². The number of hydrogen-bond acceptors (Lipinski definition) is 6. The maximum Gasteiger partial charge on any atom is 0.340 e. The molecule has 0 aliphatic rings. The Bertz CT molecular complexity index is 993. The normalized spacial score (nSPS) is 10.3. The number of hydrogen-bond donors (Lipinski definition) is 1. The predicted molar refractivity (Wildman–Crippen MR) is 107 cm³/mol. The molecule has 7 heteroatoms. The van der Waals surface area contributed by atoms with Crippen LogP contribution in [0.15, 0.2) is 59.2 Å². The van der Waals surface area contributed by atoms with Crippen LogP contribution < -0.4 is 14.8 Å².